The van der Waals surface area contributed by atoms with Crippen LogP contribution in [0.1, 0.15) is 6.93 Å². The van der Waals surface area contributed by atoms with Gasteiger partial charge in [-0.05, 0) is 0 Å². The molecule has 118 valence electrons. The molecule has 1 aromatic carbocycles. The maximum Gasteiger partial charge on any atom is 0.432 e. The molecule has 3 nitrogen and oxygen atoms in total. The first-order valence-electron chi connectivity index (χ1n) is 6.85. The molecule has 0 aliphatic rings. The fraction of sp³-hybridized carbons (Fsp3) is 0.500. The van der Waals surface area contributed by atoms with Crippen LogP contribution in [0, 0.1) is 0 Å². The molecule has 7 heteroatoms. The predicted molar refractivity (Wildman–Crippen MR) is 75.5 cm³/mol. The first-order chi connectivity index (χ1) is 9.96. The van der Waals surface area contributed by atoms with Gasteiger partial charge in [0.2, 0.25) is 0 Å². The van der Waals surface area contributed by atoms with Gasteiger partial charge in [-0.2, -0.15) is 13.2 Å². The Morgan fingerprint density at radius 2 is 1.76 bits per heavy atom. The molecular weight excluding hydrogens is 301 g/mol. The van der Waals surface area contributed by atoms with E-state index in [0.29, 0.717) is 0 Å². The third kappa shape index (κ3) is 3.85. The first-order valence-corrected chi connectivity index (χ1v) is 9.85. The van der Waals surface area contributed by atoms with Crippen molar-refractivity contribution in [2.45, 2.75) is 31.4 Å². The summed E-state index contributed by atoms with van der Waals surface area (Å²) in [7, 11) is -1.47. The van der Waals surface area contributed by atoms with Gasteiger partial charge in [-0.1, -0.05) is 50.0 Å². The second-order valence-electron chi connectivity index (χ2n) is 5.64. The fourth-order valence-electron chi connectivity index (χ4n) is 1.70. The van der Waals surface area contributed by atoms with Crippen LogP contribution in [0.3, 0.4) is 0 Å². The first kappa shape index (κ1) is 16.0. The Morgan fingerprint density at radius 3 is 2.14 bits per heavy atom. The van der Waals surface area contributed by atoms with E-state index in [1.165, 1.54) is 18.2 Å². The van der Waals surface area contributed by atoms with Crippen LogP contribution in [0.5, 0.6) is 0 Å². The highest BCUT2D eigenvalue weighted by Crippen LogP contribution is 2.43. The van der Waals surface area contributed by atoms with Gasteiger partial charge in [-0.15, -0.1) is 0 Å². The minimum absolute atomic E-state index is 0.377. The standard InChI is InChI=1S/C14H19F3O3Si/c1-19-13(14(15,16)17,11-8-6-5-7-9-11)12(18)20-10-21(2,3)4/h5-9H,10H2,1-4H3/t13-/m1/s1/i10D/t10-,13-. The highest BCUT2D eigenvalue weighted by molar-refractivity contribution is 6.76. The minimum Gasteiger partial charge on any atom is -0.467 e. The van der Waals surface area contributed by atoms with Crippen molar-refractivity contribution in [3.05, 3.63) is 35.9 Å². The van der Waals surface area contributed by atoms with Crippen LogP contribution in [0.25, 0.3) is 0 Å². The Labute approximate surface area is 124 Å². The van der Waals surface area contributed by atoms with Crippen LogP contribution in [0.15, 0.2) is 30.3 Å². The zero-order valence-corrected chi connectivity index (χ0v) is 13.3. The van der Waals surface area contributed by atoms with Crippen molar-refractivity contribution < 1.29 is 28.8 Å². The van der Waals surface area contributed by atoms with Crippen LogP contribution < -0.4 is 0 Å². The van der Waals surface area contributed by atoms with Crippen LogP contribution >= 0.6 is 0 Å². The van der Waals surface area contributed by atoms with E-state index in [1.807, 2.05) is 0 Å². The summed E-state index contributed by atoms with van der Waals surface area (Å²) < 4.78 is 57.9. The van der Waals surface area contributed by atoms with E-state index in [9.17, 15) is 18.0 Å². The summed E-state index contributed by atoms with van der Waals surface area (Å²) in [6.07, 6.45) is -6.33. The molecule has 0 unspecified atom stereocenters. The number of methoxy groups -OCH3 is 1. The molecule has 21 heavy (non-hydrogen) atoms. The van der Waals surface area contributed by atoms with Crippen molar-refractivity contribution in [3.8, 4) is 0 Å². The molecule has 0 radical (unpaired) electrons. The summed E-state index contributed by atoms with van der Waals surface area (Å²) >= 11 is 0. The van der Waals surface area contributed by atoms with Crippen LogP contribution in [-0.4, -0.2) is 33.5 Å². The zero-order valence-electron chi connectivity index (χ0n) is 13.3. The molecule has 0 bridgehead atoms. The summed E-state index contributed by atoms with van der Waals surface area (Å²) in [6.45, 7) is 5.17. The molecule has 0 aliphatic heterocycles. The third-order valence-corrected chi connectivity index (χ3v) is 3.52. The predicted octanol–water partition coefficient (Wildman–Crippen LogP) is 3.51. The lowest BCUT2D eigenvalue weighted by atomic mass is 9.93. The van der Waals surface area contributed by atoms with Crippen LogP contribution in [-0.2, 0) is 19.9 Å². The smallest absolute Gasteiger partial charge is 0.432 e. The largest absolute Gasteiger partial charge is 0.467 e. The number of alkyl halides is 3. The molecule has 0 aromatic heterocycles. The summed E-state index contributed by atoms with van der Waals surface area (Å²) in [5.74, 6) is -1.61. The van der Waals surface area contributed by atoms with E-state index in [0.717, 1.165) is 19.2 Å². The number of carbonyl (C=O) groups excluding carboxylic acids is 1. The molecule has 0 heterocycles. The molecule has 0 spiro atoms. The average molecular weight is 321 g/mol. The van der Waals surface area contributed by atoms with Gasteiger partial charge in [0.15, 0.2) is 0 Å². The monoisotopic (exact) mass is 321 g/mol. The molecule has 0 N–H and O–H groups in total. The number of rotatable bonds is 5. The van der Waals surface area contributed by atoms with Gasteiger partial charge >= 0.3 is 12.1 Å². The topological polar surface area (TPSA) is 35.5 Å². The molecule has 0 amide bonds. The van der Waals surface area contributed by atoms with E-state index in [-0.39, 0.29) is 5.56 Å². The second-order valence-corrected chi connectivity index (χ2v) is 10.6. The highest BCUT2D eigenvalue weighted by atomic mass is 28.3. The Kier molecular flexibility index (Phi) is 4.73. The van der Waals surface area contributed by atoms with Gasteiger partial charge in [0.05, 0.1) is 15.7 Å². The van der Waals surface area contributed by atoms with Gasteiger partial charge in [-0.3, -0.25) is 0 Å². The minimum atomic E-state index is -5.01. The van der Waals surface area contributed by atoms with Gasteiger partial charge in [-0.25, -0.2) is 4.79 Å². The van der Waals surface area contributed by atoms with Gasteiger partial charge in [0.25, 0.3) is 5.60 Å². The molecular formula is C14H19F3O3Si. The molecule has 0 saturated carbocycles. The molecule has 0 aliphatic carbocycles. The Bertz CT molecular complexity index is 516. The fourth-order valence-corrected chi connectivity index (χ4v) is 2.16. The molecule has 0 fully saturated rings. The van der Waals surface area contributed by atoms with Crippen molar-refractivity contribution in [2.24, 2.45) is 0 Å². The van der Waals surface area contributed by atoms with E-state index < -0.39 is 32.0 Å². The van der Waals surface area contributed by atoms with Gasteiger partial charge in [0.1, 0.15) is 0 Å². The Morgan fingerprint density at radius 1 is 1.24 bits per heavy atom. The molecule has 2 atom stereocenters. The number of carbonyl (C=O) groups is 1. The number of hydrogen-bond acceptors (Lipinski definition) is 3. The maximum atomic E-state index is 13.6. The van der Waals surface area contributed by atoms with Crippen molar-refractivity contribution in [3.63, 3.8) is 0 Å². The van der Waals surface area contributed by atoms with Crippen LogP contribution in [0.2, 0.25) is 19.6 Å². The summed E-state index contributed by atoms with van der Waals surface area (Å²) in [5.41, 5.74) is -3.61. The van der Waals surface area contributed by atoms with E-state index in [1.54, 1.807) is 19.6 Å². The van der Waals surface area contributed by atoms with Gasteiger partial charge in [0, 0.05) is 12.7 Å². The van der Waals surface area contributed by atoms with E-state index in [4.69, 9.17) is 6.11 Å². The lowest BCUT2D eigenvalue weighted by molar-refractivity contribution is -0.275. The Hall–Kier alpha value is -1.34. The highest BCUT2D eigenvalue weighted by Gasteiger charge is 2.64. The third-order valence-electron chi connectivity index (χ3n) is 2.69. The Balaban J connectivity index is 3.31. The van der Waals surface area contributed by atoms with Crippen molar-refractivity contribution in [1.82, 2.24) is 0 Å². The van der Waals surface area contributed by atoms with Crippen molar-refractivity contribution in [2.75, 3.05) is 13.3 Å². The quantitative estimate of drug-likeness (QED) is 0.615. The number of halogens is 3. The summed E-state index contributed by atoms with van der Waals surface area (Å²) in [5, 5.41) is 0. The molecule has 0 saturated heterocycles. The van der Waals surface area contributed by atoms with Gasteiger partial charge < -0.3 is 9.47 Å². The molecule has 1 rings (SSSR count). The number of esters is 1. The second kappa shape index (κ2) is 6.19. The summed E-state index contributed by atoms with van der Waals surface area (Å²) in [6, 6.07) is 6.57. The normalized spacial score (nSPS) is 17.6. The van der Waals surface area contributed by atoms with Crippen molar-refractivity contribution in [1.29, 1.82) is 0 Å². The van der Waals surface area contributed by atoms with E-state index >= 15 is 0 Å². The average Bonchev–Trinajstić information content (AvgIpc) is 2.38. The van der Waals surface area contributed by atoms with Crippen LogP contribution in [0.4, 0.5) is 13.2 Å². The molecule has 1 aromatic rings. The SMILES string of the molecule is [2H][C@H](OC(=O)[C@](OC)(c1ccccc1)C(F)(F)F)[Si](C)(C)C. The summed E-state index contributed by atoms with van der Waals surface area (Å²) in [4.78, 5) is 12.2. The van der Waals surface area contributed by atoms with E-state index in [2.05, 4.69) is 4.74 Å². The lowest BCUT2D eigenvalue weighted by Gasteiger charge is -2.33. The zero-order chi connectivity index (χ0) is 17.2. The maximum absolute atomic E-state index is 13.6. The lowest BCUT2D eigenvalue weighted by Crippen LogP contribution is -2.52. The van der Waals surface area contributed by atoms with Crippen molar-refractivity contribution >= 4 is 14.0 Å². The number of ether oxygens (including phenoxy) is 2. The number of benzene rings is 1. The number of hydrogen-bond donors (Lipinski definition) is 0.